The number of rotatable bonds is 5. The highest BCUT2D eigenvalue weighted by molar-refractivity contribution is 7.99. The normalized spacial score (nSPS) is 11.0. The van der Waals surface area contributed by atoms with Crippen LogP contribution in [-0.4, -0.2) is 16.6 Å². The molecule has 2 aromatic carbocycles. The van der Waals surface area contributed by atoms with Crippen LogP contribution in [0.5, 0.6) is 0 Å². The molecule has 6 heteroatoms. The van der Waals surface area contributed by atoms with E-state index in [1.54, 1.807) is 12.1 Å². The van der Waals surface area contributed by atoms with Crippen molar-refractivity contribution in [3.05, 3.63) is 74.0 Å². The van der Waals surface area contributed by atoms with E-state index in [4.69, 9.17) is 11.6 Å². The van der Waals surface area contributed by atoms with E-state index in [2.05, 4.69) is 10.3 Å². The van der Waals surface area contributed by atoms with Gasteiger partial charge in [-0.1, -0.05) is 23.7 Å². The highest BCUT2D eigenvalue weighted by Crippen LogP contribution is 2.21. The van der Waals surface area contributed by atoms with E-state index in [9.17, 15) is 9.59 Å². The van der Waals surface area contributed by atoms with Crippen molar-refractivity contribution in [3.63, 3.8) is 0 Å². The summed E-state index contributed by atoms with van der Waals surface area (Å²) in [4.78, 5) is 27.8. The zero-order chi connectivity index (χ0) is 19.6. The number of nitrogens with one attached hydrogen (secondary N) is 2. The number of thioether (sulfide) groups is 1. The molecule has 1 amide bonds. The van der Waals surface area contributed by atoms with Gasteiger partial charge in [0, 0.05) is 33.6 Å². The Kier molecular flexibility index (Phi) is 5.92. The summed E-state index contributed by atoms with van der Waals surface area (Å²) in [6.45, 7) is 5.94. The second kappa shape index (κ2) is 8.19. The maximum absolute atomic E-state index is 12.3. The van der Waals surface area contributed by atoms with E-state index in [0.717, 1.165) is 27.9 Å². The van der Waals surface area contributed by atoms with Crippen LogP contribution < -0.4 is 10.7 Å². The van der Waals surface area contributed by atoms with Gasteiger partial charge in [-0.2, -0.15) is 0 Å². The van der Waals surface area contributed by atoms with Crippen LogP contribution in [0.25, 0.3) is 10.9 Å². The van der Waals surface area contributed by atoms with Crippen LogP contribution in [0.4, 0.5) is 5.69 Å². The molecule has 0 aliphatic carbocycles. The SMILES string of the molecule is Cc1ccc(NC(=O)CSCc2cc(=O)c3ccc(C)c(C)c3[nH]2)cc1Cl. The number of aryl methyl sites for hydroxylation is 3. The fourth-order valence-corrected chi connectivity index (χ4v) is 3.73. The molecule has 0 spiro atoms. The van der Waals surface area contributed by atoms with Crippen LogP contribution in [-0.2, 0) is 10.5 Å². The first-order valence-electron chi connectivity index (χ1n) is 8.61. The van der Waals surface area contributed by atoms with E-state index in [1.165, 1.54) is 11.8 Å². The average molecular weight is 401 g/mol. The molecule has 27 heavy (non-hydrogen) atoms. The van der Waals surface area contributed by atoms with Crippen molar-refractivity contribution in [3.8, 4) is 0 Å². The van der Waals surface area contributed by atoms with Crippen molar-refractivity contribution in [2.45, 2.75) is 26.5 Å². The van der Waals surface area contributed by atoms with Crippen LogP contribution in [0.2, 0.25) is 5.02 Å². The third-order valence-corrected chi connectivity index (χ3v) is 5.93. The maximum atomic E-state index is 12.3. The second-order valence-electron chi connectivity index (χ2n) is 6.59. The van der Waals surface area contributed by atoms with E-state index in [1.807, 2.05) is 45.0 Å². The Morgan fingerprint density at radius 2 is 1.85 bits per heavy atom. The van der Waals surface area contributed by atoms with Crippen LogP contribution in [0, 0.1) is 20.8 Å². The van der Waals surface area contributed by atoms with Gasteiger partial charge >= 0.3 is 0 Å². The molecule has 2 N–H and O–H groups in total. The minimum atomic E-state index is -0.102. The molecular formula is C21H21ClN2O2S. The fourth-order valence-electron chi connectivity index (χ4n) is 2.81. The van der Waals surface area contributed by atoms with Crippen molar-refractivity contribution in [2.75, 3.05) is 11.1 Å². The summed E-state index contributed by atoms with van der Waals surface area (Å²) in [5.41, 5.74) is 5.55. The number of aromatic nitrogens is 1. The molecule has 0 fully saturated rings. The first-order valence-corrected chi connectivity index (χ1v) is 10.1. The highest BCUT2D eigenvalue weighted by Gasteiger charge is 2.08. The van der Waals surface area contributed by atoms with Gasteiger partial charge in [0.2, 0.25) is 5.91 Å². The maximum Gasteiger partial charge on any atom is 0.234 e. The minimum absolute atomic E-state index is 0.00111. The van der Waals surface area contributed by atoms with E-state index in [-0.39, 0.29) is 11.3 Å². The summed E-state index contributed by atoms with van der Waals surface area (Å²) in [6, 6.07) is 10.9. The number of pyridine rings is 1. The van der Waals surface area contributed by atoms with Gasteiger partial charge in [0.1, 0.15) is 0 Å². The lowest BCUT2D eigenvalue weighted by atomic mass is 10.0. The number of benzene rings is 2. The number of hydrogen-bond acceptors (Lipinski definition) is 3. The smallest absolute Gasteiger partial charge is 0.234 e. The molecule has 1 heterocycles. The fraction of sp³-hybridized carbons (Fsp3) is 0.238. The minimum Gasteiger partial charge on any atom is -0.357 e. The lowest BCUT2D eigenvalue weighted by Crippen LogP contribution is -2.14. The van der Waals surface area contributed by atoms with E-state index < -0.39 is 0 Å². The number of hydrogen-bond donors (Lipinski definition) is 2. The second-order valence-corrected chi connectivity index (χ2v) is 7.99. The molecule has 0 saturated heterocycles. The molecule has 3 rings (SSSR count). The summed E-state index contributed by atoms with van der Waals surface area (Å²) in [6.07, 6.45) is 0. The Morgan fingerprint density at radius 3 is 2.59 bits per heavy atom. The number of carbonyl (C=O) groups excluding carboxylic acids is 1. The molecule has 3 aromatic rings. The Hall–Kier alpha value is -2.24. The predicted molar refractivity (Wildman–Crippen MR) is 115 cm³/mol. The monoisotopic (exact) mass is 400 g/mol. The van der Waals surface area contributed by atoms with Crippen LogP contribution in [0.15, 0.2) is 41.2 Å². The molecule has 0 bridgehead atoms. The number of aromatic amines is 1. The quantitative estimate of drug-likeness (QED) is 0.635. The van der Waals surface area contributed by atoms with Crippen molar-refractivity contribution < 1.29 is 4.79 Å². The number of halogens is 1. The van der Waals surface area contributed by atoms with Gasteiger partial charge in [-0.25, -0.2) is 0 Å². The standard InChI is InChI=1S/C21H21ClN2O2S/c1-12-5-7-17-19(25)9-16(24-21(17)14(12)3)10-27-11-20(26)23-15-6-4-13(2)18(22)8-15/h4-9H,10-11H2,1-3H3,(H,23,26)(H,24,25). The van der Waals surface area contributed by atoms with Gasteiger partial charge in [-0.05, 0) is 55.7 Å². The first-order chi connectivity index (χ1) is 12.8. The van der Waals surface area contributed by atoms with E-state index in [0.29, 0.717) is 27.6 Å². The molecule has 4 nitrogen and oxygen atoms in total. The first kappa shape index (κ1) is 19.5. The molecule has 0 atom stereocenters. The van der Waals surface area contributed by atoms with Crippen molar-refractivity contribution in [1.82, 2.24) is 4.98 Å². The van der Waals surface area contributed by atoms with Crippen molar-refractivity contribution in [2.24, 2.45) is 0 Å². The Balaban J connectivity index is 1.64. The third kappa shape index (κ3) is 4.54. The Morgan fingerprint density at radius 1 is 1.11 bits per heavy atom. The Labute approximate surface area is 167 Å². The zero-order valence-corrected chi connectivity index (χ0v) is 17.1. The van der Waals surface area contributed by atoms with Gasteiger partial charge < -0.3 is 10.3 Å². The molecule has 0 unspecified atom stereocenters. The van der Waals surface area contributed by atoms with Crippen molar-refractivity contribution in [1.29, 1.82) is 0 Å². The summed E-state index contributed by atoms with van der Waals surface area (Å²) in [7, 11) is 0. The topological polar surface area (TPSA) is 62.0 Å². The number of fused-ring (bicyclic) bond motifs is 1. The molecule has 1 aromatic heterocycles. The third-order valence-electron chi connectivity index (χ3n) is 4.54. The predicted octanol–water partition coefficient (Wildman–Crippen LogP) is 4.98. The summed E-state index contributed by atoms with van der Waals surface area (Å²) >= 11 is 7.53. The highest BCUT2D eigenvalue weighted by atomic mass is 35.5. The summed E-state index contributed by atoms with van der Waals surface area (Å²) in [5, 5.41) is 4.16. The number of H-pyrrole nitrogens is 1. The lowest BCUT2D eigenvalue weighted by molar-refractivity contribution is -0.113. The van der Waals surface area contributed by atoms with Gasteiger partial charge in [0.15, 0.2) is 5.43 Å². The van der Waals surface area contributed by atoms with Gasteiger partial charge in [-0.3, -0.25) is 9.59 Å². The molecule has 0 saturated carbocycles. The molecule has 140 valence electrons. The van der Waals surface area contributed by atoms with Crippen LogP contribution >= 0.6 is 23.4 Å². The van der Waals surface area contributed by atoms with Crippen LogP contribution in [0.3, 0.4) is 0 Å². The van der Waals surface area contributed by atoms with E-state index >= 15 is 0 Å². The molecule has 0 aliphatic heterocycles. The molecule has 0 aliphatic rings. The number of carbonyl (C=O) groups is 1. The van der Waals surface area contributed by atoms with Crippen molar-refractivity contribution >= 4 is 45.9 Å². The van der Waals surface area contributed by atoms with Gasteiger partial charge in [0.25, 0.3) is 0 Å². The number of anilines is 1. The summed E-state index contributed by atoms with van der Waals surface area (Å²) in [5.74, 6) is 0.744. The van der Waals surface area contributed by atoms with Gasteiger partial charge in [0.05, 0.1) is 11.3 Å². The Bertz CT molecular complexity index is 1080. The summed E-state index contributed by atoms with van der Waals surface area (Å²) < 4.78 is 0. The molecule has 0 radical (unpaired) electrons. The molecular weight excluding hydrogens is 380 g/mol. The van der Waals surface area contributed by atoms with Crippen LogP contribution in [0.1, 0.15) is 22.4 Å². The largest absolute Gasteiger partial charge is 0.357 e. The number of amides is 1. The average Bonchev–Trinajstić information content (AvgIpc) is 2.62. The zero-order valence-electron chi connectivity index (χ0n) is 15.5. The lowest BCUT2D eigenvalue weighted by Gasteiger charge is -2.09. The van der Waals surface area contributed by atoms with Gasteiger partial charge in [-0.15, -0.1) is 11.8 Å².